The molecule has 100 valence electrons. The van der Waals surface area contributed by atoms with Crippen molar-refractivity contribution in [3.05, 3.63) is 33.4 Å². The highest BCUT2D eigenvalue weighted by molar-refractivity contribution is 14.1. The second-order valence-corrected chi connectivity index (χ2v) is 7.18. The molecule has 0 atom stereocenters. The highest BCUT2D eigenvalue weighted by Gasteiger charge is 2.18. The van der Waals surface area contributed by atoms with E-state index < -0.39 is 0 Å². The fraction of sp³-hybridized carbons (Fsp3) is 0.500. The van der Waals surface area contributed by atoms with E-state index in [0.29, 0.717) is 6.54 Å². The Morgan fingerprint density at radius 1 is 1.33 bits per heavy atom. The summed E-state index contributed by atoms with van der Waals surface area (Å²) in [6.07, 6.45) is 2.23. The van der Waals surface area contributed by atoms with Crippen LogP contribution in [-0.2, 0) is 0 Å². The number of nitrogens with one attached hydrogen (secondary N) is 1. The summed E-state index contributed by atoms with van der Waals surface area (Å²) >= 11 is 5.67. The lowest BCUT2D eigenvalue weighted by atomic mass is 9.88. The zero-order valence-corrected chi connectivity index (χ0v) is 14.5. The molecular weight excluding hydrogens is 405 g/mol. The molecule has 0 spiro atoms. The third-order valence-corrected chi connectivity index (χ3v) is 4.10. The first-order valence-electron chi connectivity index (χ1n) is 6.04. The summed E-state index contributed by atoms with van der Waals surface area (Å²) < 4.78 is 1.14. The van der Waals surface area contributed by atoms with Crippen LogP contribution in [0.15, 0.2) is 24.3 Å². The fourth-order valence-electron chi connectivity index (χ4n) is 1.66. The van der Waals surface area contributed by atoms with Gasteiger partial charge in [0, 0.05) is 21.0 Å². The average Bonchev–Trinajstić information content (AvgIpc) is 2.35. The molecule has 0 bridgehead atoms. The zero-order valence-electron chi connectivity index (χ0n) is 10.8. The van der Waals surface area contributed by atoms with Crippen LogP contribution in [0.2, 0.25) is 0 Å². The Hall–Kier alpha value is -0.100. The molecule has 0 heterocycles. The summed E-state index contributed by atoms with van der Waals surface area (Å²) in [4.78, 5) is 12.0. The molecule has 0 aromatic heterocycles. The van der Waals surface area contributed by atoms with Crippen molar-refractivity contribution >= 4 is 44.4 Å². The summed E-state index contributed by atoms with van der Waals surface area (Å²) in [7, 11) is 0. The molecule has 0 aliphatic rings. The Morgan fingerprint density at radius 3 is 2.50 bits per heavy atom. The molecule has 0 aliphatic heterocycles. The SMILES string of the molecule is CC(C)(CCCBr)CNC(=O)c1ccc(I)cc1. The highest BCUT2D eigenvalue weighted by Crippen LogP contribution is 2.21. The zero-order chi connectivity index (χ0) is 13.6. The summed E-state index contributed by atoms with van der Waals surface area (Å²) in [6.45, 7) is 5.08. The van der Waals surface area contributed by atoms with Crippen LogP contribution in [0.1, 0.15) is 37.0 Å². The van der Waals surface area contributed by atoms with E-state index >= 15 is 0 Å². The predicted molar refractivity (Wildman–Crippen MR) is 88.3 cm³/mol. The molecule has 1 rings (SSSR count). The molecule has 1 aromatic rings. The quantitative estimate of drug-likeness (QED) is 0.538. The summed E-state index contributed by atoms with van der Waals surface area (Å²) in [5.41, 5.74) is 0.874. The molecule has 0 fully saturated rings. The van der Waals surface area contributed by atoms with E-state index in [-0.39, 0.29) is 11.3 Å². The highest BCUT2D eigenvalue weighted by atomic mass is 127. The molecule has 18 heavy (non-hydrogen) atoms. The molecular formula is C14H19BrINO. The molecule has 1 amide bonds. The maximum absolute atomic E-state index is 12.0. The van der Waals surface area contributed by atoms with E-state index in [1.165, 1.54) is 0 Å². The monoisotopic (exact) mass is 423 g/mol. The lowest BCUT2D eigenvalue weighted by Crippen LogP contribution is -2.34. The molecule has 0 saturated heterocycles. The predicted octanol–water partition coefficient (Wildman–Crippen LogP) is 4.22. The molecule has 1 aromatic carbocycles. The Kier molecular flexibility index (Phi) is 6.63. The van der Waals surface area contributed by atoms with Crippen LogP contribution >= 0.6 is 38.5 Å². The van der Waals surface area contributed by atoms with Crippen LogP contribution in [0.3, 0.4) is 0 Å². The molecule has 0 radical (unpaired) electrons. The minimum absolute atomic E-state index is 0.0123. The van der Waals surface area contributed by atoms with Crippen molar-refractivity contribution in [1.82, 2.24) is 5.32 Å². The Balaban J connectivity index is 2.48. The van der Waals surface area contributed by atoms with Gasteiger partial charge in [-0.2, -0.15) is 0 Å². The van der Waals surface area contributed by atoms with Gasteiger partial charge >= 0.3 is 0 Å². The topological polar surface area (TPSA) is 29.1 Å². The van der Waals surface area contributed by atoms with Crippen molar-refractivity contribution in [2.75, 3.05) is 11.9 Å². The van der Waals surface area contributed by atoms with Gasteiger partial charge in [0.05, 0.1) is 0 Å². The Morgan fingerprint density at radius 2 is 1.94 bits per heavy atom. The van der Waals surface area contributed by atoms with Crippen molar-refractivity contribution in [1.29, 1.82) is 0 Å². The van der Waals surface area contributed by atoms with Crippen molar-refractivity contribution < 1.29 is 4.79 Å². The van der Waals surface area contributed by atoms with E-state index in [0.717, 1.165) is 27.3 Å². The van der Waals surface area contributed by atoms with Gasteiger partial charge in [0.15, 0.2) is 0 Å². The minimum Gasteiger partial charge on any atom is -0.352 e. The van der Waals surface area contributed by atoms with Crippen LogP contribution in [-0.4, -0.2) is 17.8 Å². The summed E-state index contributed by atoms with van der Waals surface area (Å²) in [6, 6.07) is 7.63. The number of rotatable bonds is 6. The maximum atomic E-state index is 12.0. The smallest absolute Gasteiger partial charge is 0.251 e. The van der Waals surface area contributed by atoms with E-state index in [2.05, 4.69) is 57.7 Å². The minimum atomic E-state index is 0.0123. The normalized spacial score (nSPS) is 11.3. The summed E-state index contributed by atoms with van der Waals surface area (Å²) in [5.74, 6) is 0.0123. The first-order chi connectivity index (χ1) is 8.44. The average molecular weight is 424 g/mol. The number of carbonyl (C=O) groups is 1. The van der Waals surface area contributed by atoms with E-state index in [1.54, 1.807) is 0 Å². The number of amides is 1. The number of carbonyl (C=O) groups excluding carboxylic acids is 1. The largest absolute Gasteiger partial charge is 0.352 e. The van der Waals surface area contributed by atoms with E-state index in [9.17, 15) is 4.79 Å². The molecule has 0 aliphatic carbocycles. The first-order valence-corrected chi connectivity index (χ1v) is 8.24. The third-order valence-electron chi connectivity index (χ3n) is 2.82. The fourth-order valence-corrected chi connectivity index (χ4v) is 2.30. The second-order valence-electron chi connectivity index (χ2n) is 5.15. The lowest BCUT2D eigenvalue weighted by molar-refractivity contribution is 0.0934. The number of hydrogen-bond acceptors (Lipinski definition) is 1. The molecule has 1 N–H and O–H groups in total. The lowest BCUT2D eigenvalue weighted by Gasteiger charge is -2.24. The van der Waals surface area contributed by atoms with Crippen molar-refractivity contribution in [3.8, 4) is 0 Å². The Bertz CT molecular complexity index is 389. The summed E-state index contributed by atoms with van der Waals surface area (Å²) in [5, 5.41) is 4.03. The van der Waals surface area contributed by atoms with Crippen molar-refractivity contribution in [2.24, 2.45) is 5.41 Å². The van der Waals surface area contributed by atoms with Gasteiger partial charge in [-0.3, -0.25) is 4.79 Å². The van der Waals surface area contributed by atoms with Gasteiger partial charge in [0.2, 0.25) is 0 Å². The Labute approximate surface area is 131 Å². The van der Waals surface area contributed by atoms with Gasteiger partial charge < -0.3 is 5.32 Å². The van der Waals surface area contributed by atoms with Crippen LogP contribution in [0.5, 0.6) is 0 Å². The molecule has 4 heteroatoms. The number of benzene rings is 1. The number of alkyl halides is 1. The standard InChI is InChI=1S/C14H19BrINO/c1-14(2,8-3-9-15)10-17-13(18)11-4-6-12(16)7-5-11/h4-7H,3,8-10H2,1-2H3,(H,17,18). The van der Waals surface area contributed by atoms with Gasteiger partial charge in [-0.25, -0.2) is 0 Å². The van der Waals surface area contributed by atoms with Crippen LogP contribution in [0, 0.1) is 8.99 Å². The van der Waals surface area contributed by atoms with Gasteiger partial charge in [-0.15, -0.1) is 0 Å². The van der Waals surface area contributed by atoms with Crippen LogP contribution < -0.4 is 5.32 Å². The van der Waals surface area contributed by atoms with Gasteiger partial charge in [-0.1, -0.05) is 29.8 Å². The van der Waals surface area contributed by atoms with Crippen LogP contribution in [0.25, 0.3) is 0 Å². The van der Waals surface area contributed by atoms with Crippen molar-refractivity contribution in [3.63, 3.8) is 0 Å². The molecule has 0 unspecified atom stereocenters. The van der Waals surface area contributed by atoms with Gasteiger partial charge in [0.1, 0.15) is 0 Å². The maximum Gasteiger partial charge on any atom is 0.251 e. The van der Waals surface area contributed by atoms with Crippen molar-refractivity contribution in [2.45, 2.75) is 26.7 Å². The molecule has 2 nitrogen and oxygen atoms in total. The van der Waals surface area contributed by atoms with Crippen LogP contribution in [0.4, 0.5) is 0 Å². The van der Waals surface area contributed by atoms with E-state index in [4.69, 9.17) is 0 Å². The van der Waals surface area contributed by atoms with Gasteiger partial charge in [-0.05, 0) is 65.1 Å². The molecule has 0 saturated carbocycles. The van der Waals surface area contributed by atoms with E-state index in [1.807, 2.05) is 24.3 Å². The third kappa shape index (κ3) is 5.69. The van der Waals surface area contributed by atoms with Gasteiger partial charge in [0.25, 0.3) is 5.91 Å². The number of hydrogen-bond donors (Lipinski definition) is 1. The number of halogens is 2. The second kappa shape index (κ2) is 7.48. The first kappa shape index (κ1) is 16.0.